The van der Waals surface area contributed by atoms with Gasteiger partial charge in [0.25, 0.3) is 0 Å². The molecule has 1 fully saturated rings. The molecule has 1 aromatic heterocycles. The number of benzene rings is 1. The number of piperazine rings is 1. The number of nitrogens with zero attached hydrogens (tertiary/aromatic N) is 3. The Morgan fingerprint density at radius 2 is 1.81 bits per heavy atom. The summed E-state index contributed by atoms with van der Waals surface area (Å²) in [6.45, 7) is 2.58. The highest BCUT2D eigenvalue weighted by atomic mass is 35.5. The van der Waals surface area contributed by atoms with Crippen molar-refractivity contribution in [2.45, 2.75) is 12.6 Å². The van der Waals surface area contributed by atoms with Gasteiger partial charge in [0.15, 0.2) is 0 Å². The Labute approximate surface area is 189 Å². The summed E-state index contributed by atoms with van der Waals surface area (Å²) in [6, 6.07) is 7.93. The number of pyridine rings is 1. The standard InChI is InChI=1S/C21H24ClF3N4O3/c1-31-16-3-5-17(6-4-16)32-12-2-7-26-20(30)29-10-8-28(9-11-29)19-18(22)13-15(14-27-19)21(23,24)25/h3-6,13-14H,2,7-12H2,1H3,(H,26,30). The molecule has 174 valence electrons. The monoisotopic (exact) mass is 472 g/mol. The van der Waals surface area contributed by atoms with E-state index in [-0.39, 0.29) is 16.9 Å². The largest absolute Gasteiger partial charge is 0.497 e. The predicted octanol–water partition coefficient (Wildman–Crippen LogP) is 4.06. The Bertz CT molecular complexity index is 904. The second-order valence-corrected chi connectivity index (χ2v) is 7.52. The first kappa shape index (κ1) is 23.8. The van der Waals surface area contributed by atoms with E-state index in [1.54, 1.807) is 16.9 Å². The maximum Gasteiger partial charge on any atom is 0.417 e. The summed E-state index contributed by atoms with van der Waals surface area (Å²) in [5, 5.41) is 2.79. The number of alkyl halides is 3. The smallest absolute Gasteiger partial charge is 0.417 e. The summed E-state index contributed by atoms with van der Waals surface area (Å²) >= 11 is 6.01. The summed E-state index contributed by atoms with van der Waals surface area (Å²) in [7, 11) is 1.60. The van der Waals surface area contributed by atoms with Crippen LogP contribution in [-0.4, -0.2) is 62.4 Å². The molecule has 7 nitrogen and oxygen atoms in total. The van der Waals surface area contributed by atoms with Crippen molar-refractivity contribution in [1.82, 2.24) is 15.2 Å². The van der Waals surface area contributed by atoms with E-state index in [0.717, 1.165) is 23.8 Å². The first-order valence-corrected chi connectivity index (χ1v) is 10.4. The van der Waals surface area contributed by atoms with Crippen LogP contribution in [0.15, 0.2) is 36.5 Å². The van der Waals surface area contributed by atoms with E-state index in [2.05, 4.69) is 10.3 Å². The van der Waals surface area contributed by atoms with Crippen LogP contribution in [0.5, 0.6) is 11.5 Å². The minimum absolute atomic E-state index is 0.0606. The van der Waals surface area contributed by atoms with Crippen LogP contribution in [0.4, 0.5) is 23.8 Å². The zero-order valence-corrected chi connectivity index (χ0v) is 18.2. The molecule has 11 heteroatoms. The highest BCUT2D eigenvalue weighted by Gasteiger charge is 2.32. The molecule has 1 N–H and O–H groups in total. The summed E-state index contributed by atoms with van der Waals surface area (Å²) in [5.74, 6) is 1.76. The van der Waals surface area contributed by atoms with Gasteiger partial charge >= 0.3 is 12.2 Å². The molecule has 2 aromatic rings. The molecule has 0 atom stereocenters. The van der Waals surface area contributed by atoms with Gasteiger partial charge in [-0.1, -0.05) is 11.6 Å². The topological polar surface area (TPSA) is 66.9 Å². The molecule has 1 saturated heterocycles. The van der Waals surface area contributed by atoms with E-state index in [0.29, 0.717) is 45.8 Å². The molecule has 1 aliphatic heterocycles. The molecule has 0 spiro atoms. The fraction of sp³-hybridized carbons (Fsp3) is 0.429. The summed E-state index contributed by atoms with van der Waals surface area (Å²) in [6.07, 6.45) is -3.08. The average molecular weight is 473 g/mol. The van der Waals surface area contributed by atoms with Crippen molar-refractivity contribution >= 4 is 23.4 Å². The van der Waals surface area contributed by atoms with Crippen LogP contribution in [0.3, 0.4) is 0 Å². The number of hydrogen-bond donors (Lipinski definition) is 1. The van der Waals surface area contributed by atoms with Gasteiger partial charge in [-0.05, 0) is 36.8 Å². The minimum atomic E-state index is -4.49. The molecule has 32 heavy (non-hydrogen) atoms. The normalized spacial score (nSPS) is 14.3. The molecule has 1 aliphatic rings. The first-order valence-electron chi connectivity index (χ1n) is 10.1. The number of hydrogen-bond acceptors (Lipinski definition) is 5. The van der Waals surface area contributed by atoms with Crippen molar-refractivity contribution in [3.8, 4) is 11.5 Å². The second-order valence-electron chi connectivity index (χ2n) is 7.11. The highest BCUT2D eigenvalue weighted by molar-refractivity contribution is 6.33. The summed E-state index contributed by atoms with van der Waals surface area (Å²) in [5.41, 5.74) is -0.889. The number of rotatable bonds is 7. The van der Waals surface area contributed by atoms with Crippen molar-refractivity contribution in [1.29, 1.82) is 0 Å². The van der Waals surface area contributed by atoms with Gasteiger partial charge in [-0.3, -0.25) is 0 Å². The number of halogens is 4. The molecule has 0 aliphatic carbocycles. The van der Waals surface area contributed by atoms with E-state index < -0.39 is 11.7 Å². The number of aromatic nitrogens is 1. The van der Waals surface area contributed by atoms with Crippen molar-refractivity contribution in [3.05, 3.63) is 47.1 Å². The highest BCUT2D eigenvalue weighted by Crippen LogP contribution is 2.33. The Morgan fingerprint density at radius 1 is 1.16 bits per heavy atom. The number of carbonyl (C=O) groups excluding carboxylic acids is 1. The van der Waals surface area contributed by atoms with E-state index in [9.17, 15) is 18.0 Å². The van der Waals surface area contributed by atoms with Gasteiger partial charge in [-0.15, -0.1) is 0 Å². The molecule has 3 rings (SSSR count). The van der Waals surface area contributed by atoms with E-state index in [4.69, 9.17) is 21.1 Å². The van der Waals surface area contributed by atoms with Crippen molar-refractivity contribution in [2.24, 2.45) is 0 Å². The Balaban J connectivity index is 1.38. The van der Waals surface area contributed by atoms with Crippen LogP contribution >= 0.6 is 11.6 Å². The van der Waals surface area contributed by atoms with Gasteiger partial charge in [0.1, 0.15) is 17.3 Å². The van der Waals surface area contributed by atoms with Gasteiger partial charge in [-0.2, -0.15) is 13.2 Å². The van der Waals surface area contributed by atoms with Crippen LogP contribution in [0.25, 0.3) is 0 Å². The summed E-state index contributed by atoms with van der Waals surface area (Å²) in [4.78, 5) is 19.6. The number of amides is 2. The Kier molecular flexibility index (Phi) is 7.89. The van der Waals surface area contributed by atoms with Gasteiger partial charge in [0, 0.05) is 38.9 Å². The molecular weight excluding hydrogens is 449 g/mol. The molecule has 0 saturated carbocycles. The summed E-state index contributed by atoms with van der Waals surface area (Å²) < 4.78 is 49.0. The van der Waals surface area contributed by atoms with E-state index >= 15 is 0 Å². The van der Waals surface area contributed by atoms with Crippen LogP contribution in [0.2, 0.25) is 5.02 Å². The lowest BCUT2D eigenvalue weighted by Gasteiger charge is -2.35. The third-order valence-electron chi connectivity index (χ3n) is 4.94. The molecular formula is C21H24ClF3N4O3. The van der Waals surface area contributed by atoms with Gasteiger partial charge in [0.05, 0.1) is 24.3 Å². The van der Waals surface area contributed by atoms with Gasteiger partial charge < -0.3 is 24.6 Å². The van der Waals surface area contributed by atoms with Crippen LogP contribution in [0.1, 0.15) is 12.0 Å². The number of anilines is 1. The Hall–Kier alpha value is -2.88. The lowest BCUT2D eigenvalue weighted by atomic mass is 10.2. The number of ether oxygens (including phenoxy) is 2. The van der Waals surface area contributed by atoms with Crippen molar-refractivity contribution in [2.75, 3.05) is 51.3 Å². The number of urea groups is 1. The first-order chi connectivity index (χ1) is 15.3. The second kappa shape index (κ2) is 10.6. The van der Waals surface area contributed by atoms with Crippen molar-refractivity contribution in [3.63, 3.8) is 0 Å². The van der Waals surface area contributed by atoms with Gasteiger partial charge in [0.2, 0.25) is 0 Å². The quantitative estimate of drug-likeness (QED) is 0.615. The number of nitrogens with one attached hydrogen (secondary N) is 1. The van der Waals surface area contributed by atoms with E-state index in [1.807, 2.05) is 24.3 Å². The van der Waals surface area contributed by atoms with Crippen LogP contribution in [0, 0.1) is 0 Å². The third kappa shape index (κ3) is 6.32. The fourth-order valence-corrected chi connectivity index (χ4v) is 3.47. The number of methoxy groups -OCH3 is 1. The number of carbonyl (C=O) groups is 1. The molecule has 0 bridgehead atoms. The minimum Gasteiger partial charge on any atom is -0.497 e. The molecule has 1 aromatic carbocycles. The maximum atomic E-state index is 12.8. The van der Waals surface area contributed by atoms with Crippen molar-refractivity contribution < 1.29 is 27.4 Å². The lowest BCUT2D eigenvalue weighted by Crippen LogP contribution is -2.52. The van der Waals surface area contributed by atoms with E-state index in [1.165, 1.54) is 0 Å². The lowest BCUT2D eigenvalue weighted by molar-refractivity contribution is -0.137. The van der Waals surface area contributed by atoms with Crippen LogP contribution in [-0.2, 0) is 6.18 Å². The third-order valence-corrected chi connectivity index (χ3v) is 5.22. The molecule has 0 unspecified atom stereocenters. The predicted molar refractivity (Wildman–Crippen MR) is 115 cm³/mol. The van der Waals surface area contributed by atoms with Gasteiger partial charge in [-0.25, -0.2) is 9.78 Å². The zero-order chi connectivity index (χ0) is 23.1. The molecule has 2 heterocycles. The maximum absolute atomic E-state index is 12.8. The average Bonchev–Trinajstić information content (AvgIpc) is 2.78. The van der Waals surface area contributed by atoms with Crippen LogP contribution < -0.4 is 19.7 Å². The molecule has 2 amide bonds. The molecule has 0 radical (unpaired) electrons. The Morgan fingerprint density at radius 3 is 2.41 bits per heavy atom. The SMILES string of the molecule is COc1ccc(OCCCNC(=O)N2CCN(c3ncc(C(F)(F)F)cc3Cl)CC2)cc1. The fourth-order valence-electron chi connectivity index (χ4n) is 3.18. The zero-order valence-electron chi connectivity index (χ0n) is 17.5.